The Hall–Kier alpha value is -2.91. The quantitative estimate of drug-likeness (QED) is 0.260. The molecule has 2 N–H and O–H groups in total. The van der Waals surface area contributed by atoms with E-state index in [2.05, 4.69) is 4.98 Å². The standard InChI is InChI=1S/C32H44N2O6S/c1-21-30(41-20-33-21)23-14-11-22(12-15-23)13-16-28(37)27-18-25(36)19-34(27)31(40)26(32(2,3)4)17-24(35)9-7-5-6-8-10-29(38)39/h11-12,14-15,20,25-27,36H,5-10,13,16-19H2,1-4H3,(H,38,39)/t25-,26-,27+/m1/s1. The number of aliphatic hydroxyl groups is 1. The van der Waals surface area contributed by atoms with Gasteiger partial charge in [-0.2, -0.15) is 0 Å². The highest BCUT2D eigenvalue weighted by atomic mass is 32.1. The van der Waals surface area contributed by atoms with E-state index in [1.54, 1.807) is 11.3 Å². The number of benzene rings is 1. The average molecular weight is 585 g/mol. The number of carboxylic acid groups (broad SMARTS) is 1. The first-order chi connectivity index (χ1) is 19.4. The van der Waals surface area contributed by atoms with E-state index in [0.29, 0.717) is 25.7 Å². The second-order valence-electron chi connectivity index (χ2n) is 12.3. The second kappa shape index (κ2) is 14.8. The number of hydrogen-bond donors (Lipinski definition) is 2. The van der Waals surface area contributed by atoms with Crippen molar-refractivity contribution < 1.29 is 29.4 Å². The van der Waals surface area contributed by atoms with Crippen LogP contribution in [0.3, 0.4) is 0 Å². The van der Waals surface area contributed by atoms with Gasteiger partial charge < -0.3 is 15.1 Å². The molecule has 1 aromatic heterocycles. The number of aliphatic carboxylic acids is 1. The molecule has 0 bridgehead atoms. The van der Waals surface area contributed by atoms with E-state index in [4.69, 9.17) is 5.11 Å². The van der Waals surface area contributed by atoms with Crippen molar-refractivity contribution in [3.05, 3.63) is 41.0 Å². The molecule has 0 spiro atoms. The van der Waals surface area contributed by atoms with Crippen molar-refractivity contribution in [2.45, 2.75) is 104 Å². The number of rotatable bonds is 15. The summed E-state index contributed by atoms with van der Waals surface area (Å²) in [6.07, 6.45) is 3.62. The lowest BCUT2D eigenvalue weighted by atomic mass is 9.76. The first-order valence-electron chi connectivity index (χ1n) is 14.6. The second-order valence-corrected chi connectivity index (χ2v) is 13.2. The molecule has 8 nitrogen and oxygen atoms in total. The fourth-order valence-electron chi connectivity index (χ4n) is 5.44. The van der Waals surface area contributed by atoms with E-state index in [9.17, 15) is 24.3 Å². The third kappa shape index (κ3) is 9.57. The highest BCUT2D eigenvalue weighted by molar-refractivity contribution is 7.13. The van der Waals surface area contributed by atoms with Gasteiger partial charge in [-0.25, -0.2) is 4.98 Å². The van der Waals surface area contributed by atoms with Gasteiger partial charge in [0, 0.05) is 44.6 Å². The summed E-state index contributed by atoms with van der Waals surface area (Å²) in [5, 5.41) is 19.2. The molecule has 1 aliphatic heterocycles. The average Bonchev–Trinajstić information content (AvgIpc) is 3.52. The first-order valence-corrected chi connectivity index (χ1v) is 15.5. The minimum absolute atomic E-state index is 0.00361. The number of Topliss-reactive ketones (excluding diaryl/α,β-unsaturated/α-hetero) is 2. The summed E-state index contributed by atoms with van der Waals surface area (Å²) in [6, 6.07) is 7.42. The minimum atomic E-state index is -0.812. The smallest absolute Gasteiger partial charge is 0.303 e. The zero-order valence-corrected chi connectivity index (χ0v) is 25.5. The number of β-amino-alcohol motifs (C(OH)–C–C–N with tert-alkyl or cyclic N) is 1. The molecule has 0 aliphatic carbocycles. The number of hydrogen-bond acceptors (Lipinski definition) is 7. The molecule has 3 rings (SSSR count). The maximum atomic E-state index is 13.8. The molecule has 0 radical (unpaired) electrons. The van der Waals surface area contributed by atoms with Crippen molar-refractivity contribution in [1.82, 2.24) is 9.88 Å². The molecule has 1 aromatic carbocycles. The lowest BCUT2D eigenvalue weighted by Crippen LogP contribution is -2.47. The van der Waals surface area contributed by atoms with Crippen LogP contribution in [0, 0.1) is 18.3 Å². The monoisotopic (exact) mass is 584 g/mol. The number of likely N-dealkylation sites (tertiary alicyclic amines) is 1. The lowest BCUT2D eigenvalue weighted by molar-refractivity contribution is -0.145. The van der Waals surface area contributed by atoms with Crippen LogP contribution in [-0.4, -0.2) is 62.2 Å². The van der Waals surface area contributed by atoms with Gasteiger partial charge in [0.25, 0.3) is 0 Å². The van der Waals surface area contributed by atoms with Gasteiger partial charge in [0.2, 0.25) is 5.91 Å². The van der Waals surface area contributed by atoms with E-state index in [1.165, 1.54) is 4.90 Å². The number of amides is 1. The summed E-state index contributed by atoms with van der Waals surface area (Å²) in [7, 11) is 0. The summed E-state index contributed by atoms with van der Waals surface area (Å²) in [5.41, 5.74) is 4.45. The van der Waals surface area contributed by atoms with Crippen LogP contribution in [0.5, 0.6) is 0 Å². The van der Waals surface area contributed by atoms with E-state index in [-0.39, 0.29) is 49.7 Å². The maximum absolute atomic E-state index is 13.8. The van der Waals surface area contributed by atoms with Gasteiger partial charge in [0.05, 0.1) is 28.2 Å². The lowest BCUT2D eigenvalue weighted by Gasteiger charge is -2.34. The number of carbonyl (C=O) groups excluding carboxylic acids is 3. The molecular formula is C32H44N2O6S. The molecule has 0 unspecified atom stereocenters. The van der Waals surface area contributed by atoms with E-state index in [0.717, 1.165) is 34.5 Å². The Kier molecular flexibility index (Phi) is 11.8. The Bertz CT molecular complexity index is 1200. The number of ketones is 2. The van der Waals surface area contributed by atoms with Crippen LogP contribution in [0.15, 0.2) is 29.8 Å². The molecule has 9 heteroatoms. The fourth-order valence-corrected chi connectivity index (χ4v) is 6.26. The molecule has 1 fully saturated rings. The van der Waals surface area contributed by atoms with Crippen molar-refractivity contribution in [2.75, 3.05) is 6.54 Å². The Morgan fingerprint density at radius 3 is 2.27 bits per heavy atom. The minimum Gasteiger partial charge on any atom is -0.481 e. The zero-order valence-electron chi connectivity index (χ0n) is 24.7. The Morgan fingerprint density at radius 1 is 1.02 bits per heavy atom. The number of aromatic nitrogens is 1. The van der Waals surface area contributed by atoms with Crippen LogP contribution in [0.25, 0.3) is 10.4 Å². The summed E-state index contributed by atoms with van der Waals surface area (Å²) in [4.78, 5) is 57.5. The molecule has 1 aliphatic rings. The number of aryl methyl sites for hydroxylation is 2. The SMILES string of the molecule is Cc1ncsc1-c1ccc(CCC(=O)[C@@H]2C[C@@H](O)CN2C(=O)[C@@H](CC(=O)CCCCCCC(=O)O)C(C)(C)C)cc1. The van der Waals surface area contributed by atoms with E-state index < -0.39 is 29.4 Å². The molecule has 41 heavy (non-hydrogen) atoms. The molecule has 2 heterocycles. The Morgan fingerprint density at radius 2 is 1.68 bits per heavy atom. The van der Waals surface area contributed by atoms with E-state index >= 15 is 0 Å². The Balaban J connectivity index is 1.58. The van der Waals surface area contributed by atoms with Crippen molar-refractivity contribution >= 4 is 34.8 Å². The van der Waals surface area contributed by atoms with Gasteiger partial charge in [-0.1, -0.05) is 57.9 Å². The molecule has 1 saturated heterocycles. The van der Waals surface area contributed by atoms with Crippen LogP contribution >= 0.6 is 11.3 Å². The van der Waals surface area contributed by atoms with Crippen molar-refractivity contribution in [3.63, 3.8) is 0 Å². The molecule has 2 aromatic rings. The molecular weight excluding hydrogens is 540 g/mol. The summed E-state index contributed by atoms with van der Waals surface area (Å²) >= 11 is 1.60. The zero-order chi connectivity index (χ0) is 30.2. The maximum Gasteiger partial charge on any atom is 0.303 e. The van der Waals surface area contributed by atoms with Gasteiger partial charge in [-0.15, -0.1) is 11.3 Å². The number of carboxylic acids is 1. The first kappa shape index (κ1) is 32.6. The summed E-state index contributed by atoms with van der Waals surface area (Å²) < 4.78 is 0. The van der Waals surface area contributed by atoms with Crippen molar-refractivity contribution in [2.24, 2.45) is 11.3 Å². The number of nitrogens with zero attached hydrogens (tertiary/aromatic N) is 2. The van der Waals surface area contributed by atoms with Crippen LogP contribution in [0.2, 0.25) is 0 Å². The molecule has 224 valence electrons. The third-order valence-electron chi connectivity index (χ3n) is 7.93. The van der Waals surface area contributed by atoms with Gasteiger partial charge in [-0.05, 0) is 42.7 Å². The highest BCUT2D eigenvalue weighted by Gasteiger charge is 2.43. The van der Waals surface area contributed by atoms with E-state index in [1.807, 2.05) is 57.5 Å². The topological polar surface area (TPSA) is 125 Å². The fraction of sp³-hybridized carbons (Fsp3) is 0.594. The van der Waals surface area contributed by atoms with Gasteiger partial charge in [0.1, 0.15) is 5.78 Å². The van der Waals surface area contributed by atoms with Gasteiger partial charge >= 0.3 is 5.97 Å². The molecule has 3 atom stereocenters. The van der Waals surface area contributed by atoms with Crippen molar-refractivity contribution in [3.8, 4) is 10.4 Å². The summed E-state index contributed by atoms with van der Waals surface area (Å²) in [6.45, 7) is 7.86. The van der Waals surface area contributed by atoms with Gasteiger partial charge in [-0.3, -0.25) is 19.2 Å². The largest absolute Gasteiger partial charge is 0.481 e. The number of carbonyl (C=O) groups is 4. The molecule has 0 saturated carbocycles. The predicted octanol–water partition coefficient (Wildman–Crippen LogP) is 5.63. The van der Waals surface area contributed by atoms with Crippen LogP contribution in [0.4, 0.5) is 0 Å². The number of aliphatic hydroxyl groups excluding tert-OH is 1. The third-order valence-corrected chi connectivity index (χ3v) is 8.90. The van der Waals surface area contributed by atoms with Crippen molar-refractivity contribution in [1.29, 1.82) is 0 Å². The van der Waals surface area contributed by atoms with Crippen LogP contribution < -0.4 is 0 Å². The Labute approximate surface area is 247 Å². The van der Waals surface area contributed by atoms with Crippen LogP contribution in [0.1, 0.15) is 89.8 Å². The molecule has 1 amide bonds. The predicted molar refractivity (Wildman–Crippen MR) is 160 cm³/mol. The summed E-state index contributed by atoms with van der Waals surface area (Å²) in [5.74, 6) is -1.72. The van der Waals surface area contributed by atoms with Gasteiger partial charge in [0.15, 0.2) is 5.78 Å². The number of unbranched alkanes of at least 4 members (excludes halogenated alkanes) is 3. The van der Waals surface area contributed by atoms with Crippen LogP contribution in [-0.2, 0) is 25.6 Å². The normalized spacial score (nSPS) is 17.9. The number of thiazole rings is 1. The highest BCUT2D eigenvalue weighted by Crippen LogP contribution is 2.34.